The fourth-order valence-corrected chi connectivity index (χ4v) is 3.12. The average molecular weight is 399 g/mol. The Morgan fingerprint density at radius 2 is 2.11 bits per heavy atom. The van der Waals surface area contributed by atoms with Crippen LogP contribution in [-0.2, 0) is 23.3 Å². The zero-order valence-corrected chi connectivity index (χ0v) is 16.6. The Hall–Kier alpha value is -2.91. The molecule has 144 valence electrons. The Morgan fingerprint density at radius 1 is 1.36 bits per heavy atom. The molecule has 0 unspecified atom stereocenters. The van der Waals surface area contributed by atoms with Gasteiger partial charge in [0.2, 0.25) is 5.91 Å². The van der Waals surface area contributed by atoms with Crippen molar-refractivity contribution in [1.29, 1.82) is 5.26 Å². The Morgan fingerprint density at radius 3 is 2.79 bits per heavy atom. The van der Waals surface area contributed by atoms with E-state index in [-0.39, 0.29) is 23.0 Å². The summed E-state index contributed by atoms with van der Waals surface area (Å²) in [5.74, 6) is -0.851. The number of imidazole rings is 1. The number of aromatic nitrogens is 2. The first-order valence-electron chi connectivity index (χ1n) is 8.79. The standard InChI is InChI=1S/C21H20ClFN4O/c1-13-8-15(21(2,3)11-24)5-4-14(13)9-25-18(28)10-27-12-26-17-7-6-16(22)19(23)20(17)27/h4-8,12H,9-10H2,1-3H3,(H,25,28). The van der Waals surface area contributed by atoms with Crippen molar-refractivity contribution in [3.8, 4) is 6.07 Å². The molecule has 2 aromatic carbocycles. The van der Waals surface area contributed by atoms with Gasteiger partial charge >= 0.3 is 0 Å². The molecule has 0 saturated heterocycles. The number of benzene rings is 2. The third-order valence-corrected chi connectivity index (χ3v) is 5.10. The lowest BCUT2D eigenvalue weighted by Crippen LogP contribution is -2.27. The van der Waals surface area contributed by atoms with Gasteiger partial charge in [-0.2, -0.15) is 5.26 Å². The summed E-state index contributed by atoms with van der Waals surface area (Å²) in [6, 6.07) is 11.1. The maximum atomic E-state index is 14.3. The molecule has 0 fully saturated rings. The highest BCUT2D eigenvalue weighted by atomic mass is 35.5. The summed E-state index contributed by atoms with van der Waals surface area (Å²) in [6.07, 6.45) is 1.42. The van der Waals surface area contributed by atoms with Gasteiger partial charge < -0.3 is 9.88 Å². The van der Waals surface area contributed by atoms with E-state index in [4.69, 9.17) is 11.6 Å². The zero-order chi connectivity index (χ0) is 20.5. The zero-order valence-electron chi connectivity index (χ0n) is 15.9. The molecule has 0 radical (unpaired) electrons. The number of hydrogen-bond donors (Lipinski definition) is 1. The second-order valence-electron chi connectivity index (χ2n) is 7.26. The van der Waals surface area contributed by atoms with Crippen molar-refractivity contribution in [2.45, 2.75) is 39.3 Å². The molecule has 28 heavy (non-hydrogen) atoms. The van der Waals surface area contributed by atoms with E-state index < -0.39 is 11.2 Å². The Labute approximate surface area is 167 Å². The number of rotatable bonds is 5. The Kier molecular flexibility index (Phi) is 5.39. The van der Waals surface area contributed by atoms with Crippen LogP contribution in [0.25, 0.3) is 11.0 Å². The van der Waals surface area contributed by atoms with E-state index in [1.165, 1.54) is 17.0 Å². The van der Waals surface area contributed by atoms with Crippen molar-refractivity contribution in [3.63, 3.8) is 0 Å². The second-order valence-corrected chi connectivity index (χ2v) is 7.66. The first-order valence-corrected chi connectivity index (χ1v) is 9.17. The molecule has 7 heteroatoms. The van der Waals surface area contributed by atoms with Crippen molar-refractivity contribution >= 4 is 28.5 Å². The first-order chi connectivity index (χ1) is 13.2. The lowest BCUT2D eigenvalue weighted by Gasteiger charge is -2.18. The molecule has 0 aliphatic rings. The van der Waals surface area contributed by atoms with Gasteiger partial charge in [0.25, 0.3) is 0 Å². The van der Waals surface area contributed by atoms with Crippen LogP contribution in [0.15, 0.2) is 36.7 Å². The normalized spacial score (nSPS) is 11.4. The van der Waals surface area contributed by atoms with Crippen LogP contribution in [0, 0.1) is 24.1 Å². The highest BCUT2D eigenvalue weighted by Gasteiger charge is 2.20. The molecule has 0 spiro atoms. The van der Waals surface area contributed by atoms with Crippen molar-refractivity contribution in [2.75, 3.05) is 0 Å². The summed E-state index contributed by atoms with van der Waals surface area (Å²) < 4.78 is 15.7. The van der Waals surface area contributed by atoms with Crippen LogP contribution in [0.4, 0.5) is 4.39 Å². The average Bonchev–Trinajstić information content (AvgIpc) is 3.07. The van der Waals surface area contributed by atoms with E-state index in [1.807, 2.05) is 39.0 Å². The highest BCUT2D eigenvalue weighted by molar-refractivity contribution is 6.31. The van der Waals surface area contributed by atoms with Gasteiger partial charge in [0.15, 0.2) is 5.82 Å². The molecule has 1 aromatic heterocycles. The fourth-order valence-electron chi connectivity index (χ4n) is 2.97. The predicted octanol–water partition coefficient (Wildman–Crippen LogP) is 4.25. The number of halogens is 2. The lowest BCUT2D eigenvalue weighted by molar-refractivity contribution is -0.121. The van der Waals surface area contributed by atoms with Crippen LogP contribution in [0.1, 0.15) is 30.5 Å². The molecule has 0 aliphatic carbocycles. The van der Waals surface area contributed by atoms with Crippen molar-refractivity contribution in [1.82, 2.24) is 14.9 Å². The summed E-state index contributed by atoms with van der Waals surface area (Å²) in [4.78, 5) is 16.5. The number of hydrogen-bond acceptors (Lipinski definition) is 3. The SMILES string of the molecule is Cc1cc(C(C)(C)C#N)ccc1CNC(=O)Cn1cnc2ccc(Cl)c(F)c21. The Bertz CT molecular complexity index is 1100. The molecule has 3 aromatic rings. The molecule has 0 atom stereocenters. The van der Waals surface area contributed by atoms with Crippen LogP contribution in [0.3, 0.4) is 0 Å². The van der Waals surface area contributed by atoms with Crippen LogP contribution in [0.5, 0.6) is 0 Å². The number of fused-ring (bicyclic) bond motifs is 1. The Balaban J connectivity index is 1.70. The molecule has 0 bridgehead atoms. The smallest absolute Gasteiger partial charge is 0.240 e. The number of amides is 1. The minimum atomic E-state index is -0.587. The molecule has 1 heterocycles. The van der Waals surface area contributed by atoms with Crippen molar-refractivity contribution in [3.05, 3.63) is 64.2 Å². The summed E-state index contributed by atoms with van der Waals surface area (Å²) in [5.41, 5.74) is 2.96. The summed E-state index contributed by atoms with van der Waals surface area (Å²) in [7, 11) is 0. The third kappa shape index (κ3) is 3.85. The fraction of sp³-hybridized carbons (Fsp3) is 0.286. The van der Waals surface area contributed by atoms with E-state index in [1.54, 1.807) is 6.07 Å². The van der Waals surface area contributed by atoms with E-state index >= 15 is 0 Å². The predicted molar refractivity (Wildman–Crippen MR) is 106 cm³/mol. The van der Waals surface area contributed by atoms with E-state index in [9.17, 15) is 14.4 Å². The van der Waals surface area contributed by atoms with Crippen LogP contribution in [0.2, 0.25) is 5.02 Å². The quantitative estimate of drug-likeness (QED) is 0.698. The molecular weight excluding hydrogens is 379 g/mol. The van der Waals surface area contributed by atoms with Gasteiger partial charge in [0, 0.05) is 6.54 Å². The molecular formula is C21H20ClFN4O. The molecule has 1 amide bonds. The lowest BCUT2D eigenvalue weighted by atomic mass is 9.85. The second kappa shape index (κ2) is 7.61. The number of nitrogens with one attached hydrogen (secondary N) is 1. The number of carbonyl (C=O) groups excluding carboxylic acids is 1. The molecule has 5 nitrogen and oxygen atoms in total. The highest BCUT2D eigenvalue weighted by Crippen LogP contribution is 2.25. The van der Waals surface area contributed by atoms with Crippen molar-refractivity contribution < 1.29 is 9.18 Å². The minimum absolute atomic E-state index is 0.00864. The van der Waals surface area contributed by atoms with Crippen LogP contribution < -0.4 is 5.32 Å². The maximum Gasteiger partial charge on any atom is 0.240 e. The number of nitriles is 1. The molecule has 3 rings (SSSR count). The number of carbonyl (C=O) groups is 1. The minimum Gasteiger partial charge on any atom is -0.350 e. The summed E-state index contributed by atoms with van der Waals surface area (Å²) in [5, 5.41) is 12.1. The van der Waals surface area contributed by atoms with Crippen molar-refractivity contribution in [2.24, 2.45) is 0 Å². The van der Waals surface area contributed by atoms with Gasteiger partial charge in [-0.05, 0) is 49.6 Å². The summed E-state index contributed by atoms with van der Waals surface area (Å²) in [6.45, 7) is 5.95. The van der Waals surface area contributed by atoms with Gasteiger partial charge in [-0.3, -0.25) is 4.79 Å². The number of nitrogens with zero attached hydrogens (tertiary/aromatic N) is 3. The molecule has 0 aliphatic heterocycles. The molecule has 1 N–H and O–H groups in total. The molecule has 0 saturated carbocycles. The van der Waals surface area contributed by atoms with Gasteiger partial charge in [0.05, 0.1) is 28.4 Å². The summed E-state index contributed by atoms with van der Waals surface area (Å²) >= 11 is 5.83. The third-order valence-electron chi connectivity index (χ3n) is 4.80. The topological polar surface area (TPSA) is 70.7 Å². The van der Waals surface area contributed by atoms with Gasteiger partial charge in [-0.25, -0.2) is 9.37 Å². The first kappa shape index (κ1) is 19.8. The monoisotopic (exact) mass is 398 g/mol. The van der Waals surface area contributed by atoms with Gasteiger partial charge in [0.1, 0.15) is 12.1 Å². The van der Waals surface area contributed by atoms with Gasteiger partial charge in [-0.1, -0.05) is 29.8 Å². The van der Waals surface area contributed by atoms with E-state index in [0.29, 0.717) is 12.1 Å². The van der Waals surface area contributed by atoms with Gasteiger partial charge in [-0.15, -0.1) is 0 Å². The largest absolute Gasteiger partial charge is 0.350 e. The number of aryl methyl sites for hydroxylation is 1. The maximum absolute atomic E-state index is 14.3. The van der Waals surface area contributed by atoms with E-state index in [2.05, 4.69) is 16.4 Å². The van der Waals surface area contributed by atoms with Crippen LogP contribution in [-0.4, -0.2) is 15.5 Å². The van der Waals surface area contributed by atoms with E-state index in [0.717, 1.165) is 16.7 Å². The van der Waals surface area contributed by atoms with Crippen LogP contribution >= 0.6 is 11.6 Å².